The molecule has 0 radical (unpaired) electrons. The predicted molar refractivity (Wildman–Crippen MR) is 78.2 cm³/mol. The molecule has 0 heterocycles. The van der Waals surface area contributed by atoms with Gasteiger partial charge in [0.05, 0.1) is 0 Å². The first-order chi connectivity index (χ1) is 8.65. The van der Waals surface area contributed by atoms with Crippen LogP contribution < -0.4 is 0 Å². The van der Waals surface area contributed by atoms with Gasteiger partial charge in [0.2, 0.25) is 0 Å². The topological polar surface area (TPSA) is 17.1 Å². The molecule has 1 unspecified atom stereocenters. The van der Waals surface area contributed by atoms with Crippen LogP contribution in [0.5, 0.6) is 0 Å². The van der Waals surface area contributed by atoms with Crippen LogP contribution in [0.1, 0.15) is 44.6 Å². The van der Waals surface area contributed by atoms with Crippen molar-refractivity contribution in [2.24, 2.45) is 11.8 Å². The van der Waals surface area contributed by atoms with Crippen LogP contribution in [0, 0.1) is 11.8 Å². The fourth-order valence-electron chi connectivity index (χ4n) is 2.84. The molecule has 2 rings (SSSR count). The minimum Gasteiger partial charge on any atom is -0.255 e. The highest BCUT2D eigenvalue weighted by Gasteiger charge is 2.17. The van der Waals surface area contributed by atoms with E-state index in [1.165, 1.54) is 44.1 Å². The molecule has 0 saturated heterocycles. The first-order valence-corrected chi connectivity index (χ1v) is 8.63. The van der Waals surface area contributed by atoms with E-state index in [0.717, 1.165) is 16.7 Å². The lowest BCUT2D eigenvalue weighted by atomic mass is 9.80. The van der Waals surface area contributed by atoms with Crippen molar-refractivity contribution in [1.82, 2.24) is 0 Å². The number of benzene rings is 1. The molecular formula is C16H24OS. The molecule has 0 N–H and O–H groups in total. The van der Waals surface area contributed by atoms with Gasteiger partial charge < -0.3 is 0 Å². The van der Waals surface area contributed by atoms with Gasteiger partial charge in [0, 0.05) is 22.0 Å². The van der Waals surface area contributed by atoms with Crippen molar-refractivity contribution < 1.29 is 4.21 Å². The van der Waals surface area contributed by atoms with Gasteiger partial charge in [-0.1, -0.05) is 44.7 Å². The Bertz CT molecular complexity index is 388. The minimum absolute atomic E-state index is 0.849. The predicted octanol–water partition coefficient (Wildman–Crippen LogP) is 4.18. The van der Waals surface area contributed by atoms with Crippen molar-refractivity contribution >= 4 is 10.8 Å². The third kappa shape index (κ3) is 3.94. The van der Waals surface area contributed by atoms with Gasteiger partial charge in [-0.2, -0.15) is 0 Å². The lowest BCUT2D eigenvalue weighted by molar-refractivity contribution is 0.278. The van der Waals surface area contributed by atoms with Gasteiger partial charge in [-0.15, -0.1) is 0 Å². The average molecular weight is 264 g/mol. The molecule has 1 fully saturated rings. The van der Waals surface area contributed by atoms with Gasteiger partial charge >= 0.3 is 0 Å². The Morgan fingerprint density at radius 1 is 1.11 bits per heavy atom. The molecule has 0 aromatic heterocycles. The Balaban J connectivity index is 1.81. The van der Waals surface area contributed by atoms with Crippen LogP contribution in [-0.2, 0) is 17.2 Å². The van der Waals surface area contributed by atoms with E-state index in [1.807, 2.05) is 12.1 Å². The maximum Gasteiger partial charge on any atom is 0.0498 e. The van der Waals surface area contributed by atoms with E-state index in [0.29, 0.717) is 0 Å². The highest BCUT2D eigenvalue weighted by Crippen LogP contribution is 2.31. The molecule has 0 bridgehead atoms. The van der Waals surface area contributed by atoms with E-state index in [2.05, 4.69) is 19.1 Å². The first kappa shape index (κ1) is 13.8. The largest absolute Gasteiger partial charge is 0.255 e. The Morgan fingerprint density at radius 2 is 1.72 bits per heavy atom. The highest BCUT2D eigenvalue weighted by atomic mass is 32.2. The summed E-state index contributed by atoms with van der Waals surface area (Å²) in [5.41, 5.74) is 1.39. The van der Waals surface area contributed by atoms with Crippen LogP contribution in [0.25, 0.3) is 0 Å². The zero-order valence-corrected chi connectivity index (χ0v) is 12.3. The van der Waals surface area contributed by atoms with Gasteiger partial charge in [0.1, 0.15) is 0 Å². The molecule has 1 aromatic carbocycles. The van der Waals surface area contributed by atoms with Crippen LogP contribution in [-0.4, -0.2) is 10.5 Å². The molecule has 1 aromatic rings. The van der Waals surface area contributed by atoms with Gasteiger partial charge in [-0.3, -0.25) is 4.21 Å². The maximum absolute atomic E-state index is 11.3. The van der Waals surface area contributed by atoms with Gasteiger partial charge in [0.25, 0.3) is 0 Å². The summed E-state index contributed by atoms with van der Waals surface area (Å²) in [5, 5.41) is 0. The molecule has 1 aliphatic rings. The molecule has 0 spiro atoms. The zero-order valence-electron chi connectivity index (χ0n) is 11.5. The molecular weight excluding hydrogens is 240 g/mol. The van der Waals surface area contributed by atoms with E-state index in [9.17, 15) is 4.21 Å². The van der Waals surface area contributed by atoms with Gasteiger partial charge in [-0.25, -0.2) is 0 Å². The Hall–Kier alpha value is -0.630. The maximum atomic E-state index is 11.3. The molecule has 1 aliphatic carbocycles. The molecule has 2 heteroatoms. The van der Waals surface area contributed by atoms with Crippen molar-refractivity contribution in [3.8, 4) is 0 Å². The summed E-state index contributed by atoms with van der Waals surface area (Å²) in [4.78, 5) is 0.935. The van der Waals surface area contributed by atoms with Crippen molar-refractivity contribution in [3.63, 3.8) is 0 Å². The second-order valence-corrected chi connectivity index (χ2v) is 7.14. The normalized spacial score (nSPS) is 25.9. The lowest BCUT2D eigenvalue weighted by Crippen LogP contribution is -2.12. The summed E-state index contributed by atoms with van der Waals surface area (Å²) in [7, 11) is -0.849. The molecule has 1 atom stereocenters. The average Bonchev–Trinajstić information content (AvgIpc) is 2.38. The lowest BCUT2D eigenvalue weighted by Gasteiger charge is -2.26. The Kier molecular flexibility index (Phi) is 4.99. The fraction of sp³-hybridized carbons (Fsp3) is 0.625. The van der Waals surface area contributed by atoms with E-state index < -0.39 is 10.8 Å². The summed E-state index contributed by atoms with van der Waals surface area (Å²) >= 11 is 0. The third-order valence-corrected chi connectivity index (χ3v) is 5.17. The number of hydrogen-bond acceptors (Lipinski definition) is 1. The first-order valence-electron chi connectivity index (χ1n) is 7.07. The highest BCUT2D eigenvalue weighted by molar-refractivity contribution is 7.84. The molecule has 18 heavy (non-hydrogen) atoms. The summed E-state index contributed by atoms with van der Waals surface area (Å²) in [5.74, 6) is 1.88. The Labute approximate surface area is 113 Å². The van der Waals surface area contributed by atoms with E-state index in [4.69, 9.17) is 0 Å². The van der Waals surface area contributed by atoms with Crippen molar-refractivity contribution in [3.05, 3.63) is 29.8 Å². The summed E-state index contributed by atoms with van der Waals surface area (Å²) in [6.45, 7) is 2.37. The van der Waals surface area contributed by atoms with Crippen LogP contribution in [0.2, 0.25) is 0 Å². The molecule has 100 valence electrons. The Morgan fingerprint density at radius 3 is 2.28 bits per heavy atom. The number of aryl methyl sites for hydroxylation is 1. The van der Waals surface area contributed by atoms with Crippen molar-refractivity contribution in [2.75, 3.05) is 6.26 Å². The van der Waals surface area contributed by atoms with Gasteiger partial charge in [0.15, 0.2) is 0 Å². The fourth-order valence-corrected chi connectivity index (χ4v) is 3.36. The second kappa shape index (κ2) is 6.51. The van der Waals surface area contributed by atoms with E-state index in [1.54, 1.807) is 6.26 Å². The molecule has 0 amide bonds. The second-order valence-electron chi connectivity index (χ2n) is 5.76. The van der Waals surface area contributed by atoms with Crippen LogP contribution in [0.3, 0.4) is 0 Å². The van der Waals surface area contributed by atoms with Crippen molar-refractivity contribution in [2.45, 2.75) is 50.3 Å². The molecule has 1 nitrogen and oxygen atoms in total. The number of rotatable bonds is 4. The summed E-state index contributed by atoms with van der Waals surface area (Å²) in [6, 6.07) is 8.30. The monoisotopic (exact) mass is 264 g/mol. The van der Waals surface area contributed by atoms with Crippen molar-refractivity contribution in [1.29, 1.82) is 0 Å². The zero-order chi connectivity index (χ0) is 13.0. The van der Waals surface area contributed by atoms with Crippen LogP contribution in [0.4, 0.5) is 0 Å². The smallest absolute Gasteiger partial charge is 0.0498 e. The van der Waals surface area contributed by atoms with E-state index in [-0.39, 0.29) is 0 Å². The molecule has 0 aliphatic heterocycles. The van der Waals surface area contributed by atoms with E-state index >= 15 is 0 Å². The molecule has 1 saturated carbocycles. The van der Waals surface area contributed by atoms with Crippen LogP contribution in [0.15, 0.2) is 29.2 Å². The van der Waals surface area contributed by atoms with Gasteiger partial charge in [-0.05, 0) is 42.4 Å². The summed E-state index contributed by atoms with van der Waals surface area (Å²) < 4.78 is 11.3. The quantitative estimate of drug-likeness (QED) is 0.797. The SMILES string of the molecule is CC1CCC(CCc2ccc(S(C)=O)cc2)CC1. The standard InChI is InChI=1S/C16H24OS/c1-13-3-5-14(6-4-13)7-8-15-9-11-16(12-10-15)18(2)17/h9-14H,3-8H2,1-2H3. The summed E-state index contributed by atoms with van der Waals surface area (Å²) in [6.07, 6.45) is 9.89. The van der Waals surface area contributed by atoms with Crippen LogP contribution >= 0.6 is 0 Å². The third-order valence-electron chi connectivity index (χ3n) is 4.23. The minimum atomic E-state index is -0.849. The number of hydrogen-bond donors (Lipinski definition) is 0.